The molecule has 0 saturated carbocycles. The number of hydrogen-bond donors (Lipinski definition) is 2. The lowest BCUT2D eigenvalue weighted by Gasteiger charge is -2.22. The van der Waals surface area contributed by atoms with Gasteiger partial charge < -0.3 is 15.5 Å². The van der Waals surface area contributed by atoms with E-state index in [0.717, 1.165) is 30.1 Å². The van der Waals surface area contributed by atoms with Crippen LogP contribution in [0.5, 0.6) is 0 Å². The second-order valence-corrected chi connectivity index (χ2v) is 8.19. The van der Waals surface area contributed by atoms with Crippen molar-refractivity contribution in [2.45, 2.75) is 18.9 Å². The number of carbonyl (C=O) groups is 3. The Morgan fingerprint density at radius 3 is 2.58 bits per heavy atom. The molecule has 2 aromatic carbocycles. The summed E-state index contributed by atoms with van der Waals surface area (Å²) in [6.45, 7) is 3.45. The van der Waals surface area contributed by atoms with E-state index in [0.29, 0.717) is 18.0 Å². The summed E-state index contributed by atoms with van der Waals surface area (Å²) in [6, 6.07) is 14.9. The molecule has 0 bridgehead atoms. The summed E-state index contributed by atoms with van der Waals surface area (Å²) in [5.74, 6) is -1.05. The van der Waals surface area contributed by atoms with Crippen LogP contribution >= 0.6 is 0 Å². The van der Waals surface area contributed by atoms with E-state index < -0.39 is 23.3 Å². The van der Waals surface area contributed by atoms with E-state index in [1.165, 1.54) is 24.3 Å². The van der Waals surface area contributed by atoms with Gasteiger partial charge in [0, 0.05) is 25.3 Å². The number of benzene rings is 2. The van der Waals surface area contributed by atoms with Gasteiger partial charge in [-0.2, -0.15) is 0 Å². The lowest BCUT2D eigenvalue weighted by molar-refractivity contribution is -0.134. The maximum absolute atomic E-state index is 13.2. The van der Waals surface area contributed by atoms with Gasteiger partial charge in [0.05, 0.1) is 0 Å². The Morgan fingerprint density at radius 2 is 1.87 bits per heavy atom. The van der Waals surface area contributed by atoms with Crippen LogP contribution in [0.2, 0.25) is 0 Å². The minimum atomic E-state index is -1.33. The van der Waals surface area contributed by atoms with Crippen molar-refractivity contribution >= 4 is 23.5 Å². The summed E-state index contributed by atoms with van der Waals surface area (Å²) >= 11 is 0. The molecule has 2 aliphatic rings. The Kier molecular flexibility index (Phi) is 5.63. The largest absolute Gasteiger partial charge is 0.371 e. The molecule has 2 aliphatic heterocycles. The third kappa shape index (κ3) is 4.23. The minimum absolute atomic E-state index is 0.303. The fourth-order valence-corrected chi connectivity index (χ4v) is 4.15. The SMILES string of the molecule is CC1(c2ccc(F)cc2)NC(=O)N(CC(=O)NCC2CCN(c3ccccc3)C2)C1=O. The third-order valence-electron chi connectivity index (χ3n) is 5.99. The summed E-state index contributed by atoms with van der Waals surface area (Å²) in [5.41, 5.74) is 0.296. The first kappa shape index (κ1) is 20.8. The molecule has 2 aromatic rings. The van der Waals surface area contributed by atoms with Crippen LogP contribution in [0.4, 0.5) is 14.9 Å². The van der Waals surface area contributed by atoms with Crippen molar-refractivity contribution in [2.24, 2.45) is 5.92 Å². The van der Waals surface area contributed by atoms with Gasteiger partial charge in [-0.3, -0.25) is 14.5 Å². The molecule has 4 amide bonds. The van der Waals surface area contributed by atoms with Gasteiger partial charge in [-0.15, -0.1) is 0 Å². The summed E-state index contributed by atoms with van der Waals surface area (Å²) < 4.78 is 13.2. The number of halogens is 1. The van der Waals surface area contributed by atoms with Crippen molar-refractivity contribution < 1.29 is 18.8 Å². The van der Waals surface area contributed by atoms with Gasteiger partial charge in [0.2, 0.25) is 5.91 Å². The Bertz CT molecular complexity index is 982. The average Bonchev–Trinajstić information content (AvgIpc) is 3.33. The zero-order chi connectivity index (χ0) is 22.0. The van der Waals surface area contributed by atoms with E-state index in [9.17, 15) is 18.8 Å². The number of imide groups is 1. The number of rotatable bonds is 6. The zero-order valence-corrected chi connectivity index (χ0v) is 17.3. The molecule has 2 atom stereocenters. The predicted molar refractivity (Wildman–Crippen MR) is 114 cm³/mol. The summed E-state index contributed by atoms with van der Waals surface area (Å²) in [4.78, 5) is 40.9. The molecule has 2 saturated heterocycles. The second kappa shape index (κ2) is 8.37. The molecule has 2 unspecified atom stereocenters. The average molecular weight is 424 g/mol. The molecule has 0 radical (unpaired) electrons. The number of anilines is 1. The quantitative estimate of drug-likeness (QED) is 0.697. The molecule has 4 rings (SSSR count). The summed E-state index contributed by atoms with van der Waals surface area (Å²) in [5, 5.41) is 5.47. The van der Waals surface area contributed by atoms with Crippen LogP contribution < -0.4 is 15.5 Å². The monoisotopic (exact) mass is 424 g/mol. The van der Waals surface area contributed by atoms with E-state index in [2.05, 4.69) is 27.7 Å². The number of nitrogens with zero attached hydrogens (tertiary/aromatic N) is 2. The maximum atomic E-state index is 13.2. The molecule has 0 aliphatic carbocycles. The first-order valence-electron chi connectivity index (χ1n) is 10.3. The number of nitrogens with one attached hydrogen (secondary N) is 2. The van der Waals surface area contributed by atoms with E-state index in [1.54, 1.807) is 6.92 Å². The van der Waals surface area contributed by atoms with Gasteiger partial charge in [0.25, 0.3) is 5.91 Å². The Morgan fingerprint density at radius 1 is 1.16 bits per heavy atom. The molecule has 8 heteroatoms. The third-order valence-corrected chi connectivity index (χ3v) is 5.99. The molecule has 0 aromatic heterocycles. The highest BCUT2D eigenvalue weighted by Crippen LogP contribution is 2.29. The van der Waals surface area contributed by atoms with Crippen LogP contribution in [0.1, 0.15) is 18.9 Å². The first-order chi connectivity index (χ1) is 14.9. The van der Waals surface area contributed by atoms with Crippen molar-refractivity contribution in [1.29, 1.82) is 0 Å². The lowest BCUT2D eigenvalue weighted by Crippen LogP contribution is -2.44. The topological polar surface area (TPSA) is 81.8 Å². The van der Waals surface area contributed by atoms with Crippen molar-refractivity contribution in [3.8, 4) is 0 Å². The summed E-state index contributed by atoms with van der Waals surface area (Å²) in [6.07, 6.45) is 0.959. The molecular formula is C23H25FN4O3. The molecule has 7 nitrogen and oxygen atoms in total. The fraction of sp³-hybridized carbons (Fsp3) is 0.348. The molecule has 162 valence electrons. The molecule has 31 heavy (non-hydrogen) atoms. The van der Waals surface area contributed by atoms with Gasteiger partial charge >= 0.3 is 6.03 Å². The Labute approximate surface area is 180 Å². The van der Waals surface area contributed by atoms with Gasteiger partial charge in [0.1, 0.15) is 17.9 Å². The van der Waals surface area contributed by atoms with Crippen LogP contribution in [0.25, 0.3) is 0 Å². The van der Waals surface area contributed by atoms with E-state index >= 15 is 0 Å². The van der Waals surface area contributed by atoms with Gasteiger partial charge in [-0.1, -0.05) is 30.3 Å². The molecular weight excluding hydrogens is 399 g/mol. The van der Waals surface area contributed by atoms with Crippen molar-refractivity contribution in [3.63, 3.8) is 0 Å². The number of amides is 4. The van der Waals surface area contributed by atoms with Crippen LogP contribution in [0, 0.1) is 11.7 Å². The summed E-state index contributed by atoms with van der Waals surface area (Å²) in [7, 11) is 0. The van der Waals surface area contributed by atoms with Crippen LogP contribution in [0.3, 0.4) is 0 Å². The number of urea groups is 1. The number of carbonyl (C=O) groups excluding carboxylic acids is 3. The van der Waals surface area contributed by atoms with Crippen LogP contribution in [-0.2, 0) is 15.1 Å². The highest BCUT2D eigenvalue weighted by atomic mass is 19.1. The molecule has 2 fully saturated rings. The zero-order valence-electron chi connectivity index (χ0n) is 17.3. The van der Waals surface area contributed by atoms with Crippen molar-refractivity contribution in [2.75, 3.05) is 31.1 Å². The van der Waals surface area contributed by atoms with E-state index in [1.807, 2.05) is 18.2 Å². The van der Waals surface area contributed by atoms with Gasteiger partial charge in [0.15, 0.2) is 0 Å². The molecule has 2 heterocycles. The standard InChI is InChI=1S/C23H25FN4O3/c1-23(17-7-9-18(24)10-8-17)21(30)28(22(31)26-23)15-20(29)25-13-16-11-12-27(14-16)19-5-3-2-4-6-19/h2-10,16H,11-15H2,1H3,(H,25,29)(H,26,31). The highest BCUT2D eigenvalue weighted by molar-refractivity contribution is 6.09. The maximum Gasteiger partial charge on any atom is 0.325 e. The minimum Gasteiger partial charge on any atom is -0.371 e. The predicted octanol–water partition coefficient (Wildman–Crippen LogP) is 2.24. The van der Waals surface area contributed by atoms with Gasteiger partial charge in [-0.25, -0.2) is 9.18 Å². The van der Waals surface area contributed by atoms with Crippen molar-refractivity contribution in [3.05, 3.63) is 66.0 Å². The van der Waals surface area contributed by atoms with Crippen LogP contribution in [0.15, 0.2) is 54.6 Å². The smallest absolute Gasteiger partial charge is 0.325 e. The molecule has 2 N–H and O–H groups in total. The van der Waals surface area contributed by atoms with E-state index in [-0.39, 0.29) is 12.5 Å². The highest BCUT2D eigenvalue weighted by Gasteiger charge is 2.49. The molecule has 0 spiro atoms. The second-order valence-electron chi connectivity index (χ2n) is 8.19. The van der Waals surface area contributed by atoms with Crippen LogP contribution in [-0.4, -0.2) is 48.9 Å². The lowest BCUT2D eigenvalue weighted by atomic mass is 9.92. The van der Waals surface area contributed by atoms with E-state index in [4.69, 9.17) is 0 Å². The van der Waals surface area contributed by atoms with Gasteiger partial charge in [-0.05, 0) is 49.1 Å². The Hall–Kier alpha value is -3.42. The normalized spacial score (nSPS) is 23.2. The number of hydrogen-bond acceptors (Lipinski definition) is 4. The van der Waals surface area contributed by atoms with Crippen molar-refractivity contribution in [1.82, 2.24) is 15.5 Å². The number of para-hydroxylation sites is 1. The first-order valence-corrected chi connectivity index (χ1v) is 10.3. The fourth-order valence-electron chi connectivity index (χ4n) is 4.15. The Balaban J connectivity index is 1.31.